The Hall–Kier alpha value is -0.970. The standard InChI is InChI=1S/C7H13N5/c1-5(8)4-7-9-10-11-12(7)6-2-3-6/h5-6H,2-4,8H2,1H3. The highest BCUT2D eigenvalue weighted by Gasteiger charge is 2.27. The van der Waals surface area contributed by atoms with Crippen molar-refractivity contribution in [1.82, 2.24) is 20.2 Å². The van der Waals surface area contributed by atoms with Crippen LogP contribution in [-0.2, 0) is 6.42 Å². The molecule has 0 spiro atoms. The van der Waals surface area contributed by atoms with E-state index in [1.165, 1.54) is 12.8 Å². The van der Waals surface area contributed by atoms with E-state index in [9.17, 15) is 0 Å². The number of hydrogen-bond acceptors (Lipinski definition) is 4. The molecule has 0 saturated heterocycles. The zero-order valence-corrected chi connectivity index (χ0v) is 7.14. The molecule has 1 aromatic rings. The molecule has 2 rings (SSSR count). The number of nitrogens with two attached hydrogens (primary N) is 1. The fraction of sp³-hybridized carbons (Fsp3) is 0.857. The van der Waals surface area contributed by atoms with Crippen LogP contribution in [0.1, 0.15) is 31.6 Å². The summed E-state index contributed by atoms with van der Waals surface area (Å²) in [5.41, 5.74) is 5.66. The molecule has 5 heteroatoms. The quantitative estimate of drug-likeness (QED) is 0.682. The summed E-state index contributed by atoms with van der Waals surface area (Å²) in [6.07, 6.45) is 3.18. The third-order valence-corrected chi connectivity index (χ3v) is 1.96. The van der Waals surface area contributed by atoms with Gasteiger partial charge >= 0.3 is 0 Å². The second-order valence-corrected chi connectivity index (χ2v) is 3.45. The van der Waals surface area contributed by atoms with Gasteiger partial charge in [0.15, 0.2) is 5.82 Å². The van der Waals surface area contributed by atoms with Crippen LogP contribution in [0, 0.1) is 0 Å². The predicted octanol–water partition coefficient (Wildman–Crippen LogP) is -0.102. The van der Waals surface area contributed by atoms with Crippen molar-refractivity contribution in [2.45, 2.75) is 38.3 Å². The van der Waals surface area contributed by atoms with E-state index in [1.54, 1.807) is 0 Å². The van der Waals surface area contributed by atoms with Gasteiger partial charge in [0.1, 0.15) is 0 Å². The first-order valence-electron chi connectivity index (χ1n) is 4.29. The van der Waals surface area contributed by atoms with Crippen LogP contribution in [0.15, 0.2) is 0 Å². The summed E-state index contributed by atoms with van der Waals surface area (Å²) in [7, 11) is 0. The summed E-state index contributed by atoms with van der Waals surface area (Å²) >= 11 is 0. The molecule has 0 aliphatic heterocycles. The lowest BCUT2D eigenvalue weighted by atomic mass is 10.2. The SMILES string of the molecule is CC(N)Cc1nnnn1C1CC1. The molecule has 1 aliphatic rings. The maximum atomic E-state index is 5.66. The molecule has 1 saturated carbocycles. The van der Waals surface area contributed by atoms with Crippen LogP contribution in [0.2, 0.25) is 0 Å². The first kappa shape index (κ1) is 7.67. The van der Waals surface area contributed by atoms with Gasteiger partial charge in [-0.05, 0) is 30.2 Å². The van der Waals surface area contributed by atoms with Crippen LogP contribution in [0.25, 0.3) is 0 Å². The van der Waals surface area contributed by atoms with Crippen molar-refractivity contribution in [3.63, 3.8) is 0 Å². The summed E-state index contributed by atoms with van der Waals surface area (Å²) in [6.45, 7) is 1.96. The summed E-state index contributed by atoms with van der Waals surface area (Å²) in [5, 5.41) is 11.5. The fourth-order valence-corrected chi connectivity index (χ4v) is 1.24. The number of rotatable bonds is 3. The molecule has 1 aliphatic carbocycles. The van der Waals surface area contributed by atoms with Crippen molar-refractivity contribution in [1.29, 1.82) is 0 Å². The lowest BCUT2D eigenvalue weighted by Gasteiger charge is -2.04. The average molecular weight is 167 g/mol. The molecule has 0 aromatic carbocycles. The Morgan fingerprint density at radius 1 is 1.67 bits per heavy atom. The van der Waals surface area contributed by atoms with E-state index in [4.69, 9.17) is 5.73 Å². The van der Waals surface area contributed by atoms with Gasteiger partial charge in [-0.25, -0.2) is 4.68 Å². The van der Waals surface area contributed by atoms with Gasteiger partial charge in [-0.3, -0.25) is 0 Å². The highest BCUT2D eigenvalue weighted by atomic mass is 15.6. The number of hydrogen-bond donors (Lipinski definition) is 1. The Balaban J connectivity index is 2.13. The molecule has 0 amide bonds. The summed E-state index contributed by atoms with van der Waals surface area (Å²) in [4.78, 5) is 0. The number of tetrazole rings is 1. The molecule has 12 heavy (non-hydrogen) atoms. The highest BCUT2D eigenvalue weighted by molar-refractivity contribution is 4.91. The average Bonchev–Trinajstić information content (AvgIpc) is 2.73. The monoisotopic (exact) mass is 167 g/mol. The third-order valence-electron chi connectivity index (χ3n) is 1.96. The minimum absolute atomic E-state index is 0.133. The molecule has 1 heterocycles. The second kappa shape index (κ2) is 2.82. The Kier molecular flexibility index (Phi) is 1.80. The number of aromatic nitrogens is 4. The lowest BCUT2D eigenvalue weighted by Crippen LogP contribution is -2.20. The van der Waals surface area contributed by atoms with E-state index in [0.717, 1.165) is 12.2 Å². The van der Waals surface area contributed by atoms with Crippen molar-refractivity contribution >= 4 is 0 Å². The van der Waals surface area contributed by atoms with Gasteiger partial charge in [-0.15, -0.1) is 5.10 Å². The Morgan fingerprint density at radius 3 is 3.00 bits per heavy atom. The van der Waals surface area contributed by atoms with Crippen molar-refractivity contribution < 1.29 is 0 Å². The van der Waals surface area contributed by atoms with Crippen LogP contribution in [0.5, 0.6) is 0 Å². The fourth-order valence-electron chi connectivity index (χ4n) is 1.24. The van der Waals surface area contributed by atoms with E-state index >= 15 is 0 Å². The molecule has 5 nitrogen and oxygen atoms in total. The van der Waals surface area contributed by atoms with Gasteiger partial charge in [-0.1, -0.05) is 0 Å². The van der Waals surface area contributed by atoms with Crippen LogP contribution in [0.3, 0.4) is 0 Å². The van der Waals surface area contributed by atoms with Gasteiger partial charge in [-0.2, -0.15) is 0 Å². The molecule has 0 radical (unpaired) electrons. The first-order valence-corrected chi connectivity index (χ1v) is 4.29. The molecular formula is C7H13N5. The van der Waals surface area contributed by atoms with Gasteiger partial charge < -0.3 is 5.73 Å². The van der Waals surface area contributed by atoms with Gasteiger partial charge in [0.05, 0.1) is 6.04 Å². The van der Waals surface area contributed by atoms with Crippen LogP contribution in [-0.4, -0.2) is 26.2 Å². The van der Waals surface area contributed by atoms with Crippen molar-refractivity contribution in [2.24, 2.45) is 5.73 Å². The summed E-state index contributed by atoms with van der Waals surface area (Å²) in [5.74, 6) is 0.924. The van der Waals surface area contributed by atoms with E-state index in [-0.39, 0.29) is 6.04 Å². The Labute approximate surface area is 70.9 Å². The first-order chi connectivity index (χ1) is 5.77. The van der Waals surface area contributed by atoms with E-state index in [2.05, 4.69) is 15.5 Å². The zero-order chi connectivity index (χ0) is 8.55. The predicted molar refractivity (Wildman–Crippen MR) is 43.4 cm³/mol. The van der Waals surface area contributed by atoms with E-state index in [1.807, 2.05) is 11.6 Å². The maximum absolute atomic E-state index is 5.66. The van der Waals surface area contributed by atoms with Crippen molar-refractivity contribution in [3.05, 3.63) is 5.82 Å². The van der Waals surface area contributed by atoms with Crippen molar-refractivity contribution in [2.75, 3.05) is 0 Å². The smallest absolute Gasteiger partial charge is 0.153 e. The molecule has 1 unspecified atom stereocenters. The normalized spacial score (nSPS) is 19.5. The Morgan fingerprint density at radius 2 is 2.42 bits per heavy atom. The molecule has 66 valence electrons. The van der Waals surface area contributed by atoms with E-state index in [0.29, 0.717) is 6.04 Å². The molecule has 1 aromatic heterocycles. The minimum Gasteiger partial charge on any atom is -0.328 e. The van der Waals surface area contributed by atoms with Crippen LogP contribution < -0.4 is 5.73 Å². The molecule has 1 atom stereocenters. The summed E-state index contributed by atoms with van der Waals surface area (Å²) in [6, 6.07) is 0.683. The van der Waals surface area contributed by atoms with Gasteiger partial charge in [0.2, 0.25) is 0 Å². The molecule has 2 N–H and O–H groups in total. The van der Waals surface area contributed by atoms with E-state index < -0.39 is 0 Å². The summed E-state index contributed by atoms with van der Waals surface area (Å²) < 4.78 is 1.91. The maximum Gasteiger partial charge on any atom is 0.153 e. The van der Waals surface area contributed by atoms with Crippen LogP contribution >= 0.6 is 0 Å². The van der Waals surface area contributed by atoms with Crippen LogP contribution in [0.4, 0.5) is 0 Å². The largest absolute Gasteiger partial charge is 0.328 e. The molecule has 0 bridgehead atoms. The lowest BCUT2D eigenvalue weighted by molar-refractivity contribution is 0.564. The Bertz CT molecular complexity index is 263. The minimum atomic E-state index is 0.133. The molecular weight excluding hydrogens is 154 g/mol. The van der Waals surface area contributed by atoms with Gasteiger partial charge in [0.25, 0.3) is 0 Å². The third kappa shape index (κ3) is 1.45. The van der Waals surface area contributed by atoms with Gasteiger partial charge in [0, 0.05) is 12.5 Å². The highest BCUT2D eigenvalue weighted by Crippen LogP contribution is 2.34. The number of nitrogens with zero attached hydrogens (tertiary/aromatic N) is 4. The van der Waals surface area contributed by atoms with Crippen molar-refractivity contribution in [3.8, 4) is 0 Å². The topological polar surface area (TPSA) is 69.6 Å². The molecule has 1 fully saturated rings. The zero-order valence-electron chi connectivity index (χ0n) is 7.14. The second-order valence-electron chi connectivity index (χ2n) is 3.45.